The predicted molar refractivity (Wildman–Crippen MR) is 61.6 cm³/mol. The third kappa shape index (κ3) is 3.30. The summed E-state index contributed by atoms with van der Waals surface area (Å²) >= 11 is 6.32. The molecule has 0 saturated heterocycles. The van der Waals surface area contributed by atoms with E-state index in [0.29, 0.717) is 11.8 Å². The van der Waals surface area contributed by atoms with Crippen LogP contribution in [0.4, 0.5) is 0 Å². The van der Waals surface area contributed by atoms with Gasteiger partial charge in [-0.15, -0.1) is 11.6 Å². The first-order valence-electron chi connectivity index (χ1n) is 5.15. The summed E-state index contributed by atoms with van der Waals surface area (Å²) in [7, 11) is 0. The van der Waals surface area contributed by atoms with Crippen molar-refractivity contribution in [3.8, 4) is 0 Å². The number of hydrogen-bond donors (Lipinski definition) is 0. The Kier molecular flexibility index (Phi) is 4.40. The maximum absolute atomic E-state index is 6.32. The molecule has 0 bridgehead atoms. The van der Waals surface area contributed by atoms with Crippen LogP contribution >= 0.6 is 11.6 Å². The van der Waals surface area contributed by atoms with Gasteiger partial charge in [0.1, 0.15) is 0 Å². The molecule has 2 heteroatoms. The molecule has 0 radical (unpaired) electrons. The topological polar surface area (TPSA) is 12.9 Å². The molecule has 0 aliphatic heterocycles. The van der Waals surface area contributed by atoms with E-state index in [-0.39, 0.29) is 5.38 Å². The third-order valence-electron chi connectivity index (χ3n) is 2.75. The van der Waals surface area contributed by atoms with E-state index in [1.54, 1.807) is 0 Å². The van der Waals surface area contributed by atoms with Gasteiger partial charge in [-0.05, 0) is 24.0 Å². The highest BCUT2D eigenvalue weighted by molar-refractivity contribution is 6.20. The maximum Gasteiger partial charge on any atom is 0.0419 e. The summed E-state index contributed by atoms with van der Waals surface area (Å²) < 4.78 is 0. The molecular weight excluding hydrogens is 194 g/mol. The maximum atomic E-state index is 6.32. The predicted octanol–water partition coefficient (Wildman–Crippen LogP) is 3.52. The molecule has 0 aliphatic carbocycles. The molecule has 1 heterocycles. The minimum atomic E-state index is 0.185. The van der Waals surface area contributed by atoms with Gasteiger partial charge in [-0.1, -0.05) is 26.8 Å². The molecule has 0 N–H and O–H groups in total. The van der Waals surface area contributed by atoms with Gasteiger partial charge in [0.05, 0.1) is 0 Å². The van der Waals surface area contributed by atoms with Gasteiger partial charge < -0.3 is 0 Å². The lowest BCUT2D eigenvalue weighted by atomic mass is 9.92. The zero-order chi connectivity index (χ0) is 10.6. The first-order chi connectivity index (χ1) is 6.61. The van der Waals surface area contributed by atoms with Gasteiger partial charge >= 0.3 is 0 Å². The van der Waals surface area contributed by atoms with Crippen LogP contribution in [0.2, 0.25) is 0 Å². The molecule has 1 nitrogen and oxygen atoms in total. The van der Waals surface area contributed by atoms with Crippen molar-refractivity contribution in [2.24, 2.45) is 11.8 Å². The number of aromatic nitrogens is 1. The average Bonchev–Trinajstić information content (AvgIpc) is 2.18. The Balaban J connectivity index is 2.53. The molecule has 0 aliphatic rings. The molecule has 0 spiro atoms. The van der Waals surface area contributed by atoms with Crippen molar-refractivity contribution in [1.29, 1.82) is 0 Å². The third-order valence-corrected chi connectivity index (χ3v) is 3.30. The Hall–Kier alpha value is -0.560. The molecule has 1 aromatic heterocycles. The number of nitrogens with zero attached hydrogens (tertiary/aromatic N) is 1. The average molecular weight is 212 g/mol. The normalized spacial score (nSPS) is 15.5. The Labute approximate surface area is 91.5 Å². The van der Waals surface area contributed by atoms with E-state index in [2.05, 4.69) is 25.8 Å². The summed E-state index contributed by atoms with van der Waals surface area (Å²) in [5.74, 6) is 1.15. The van der Waals surface area contributed by atoms with Crippen molar-refractivity contribution in [2.45, 2.75) is 32.6 Å². The van der Waals surface area contributed by atoms with Gasteiger partial charge in [0.2, 0.25) is 0 Å². The van der Waals surface area contributed by atoms with Gasteiger partial charge in [0.25, 0.3) is 0 Å². The van der Waals surface area contributed by atoms with Gasteiger partial charge in [0.15, 0.2) is 0 Å². The summed E-state index contributed by atoms with van der Waals surface area (Å²) in [4.78, 5) is 4.28. The van der Waals surface area contributed by atoms with E-state index >= 15 is 0 Å². The Morgan fingerprint density at radius 3 is 2.50 bits per heavy atom. The standard InChI is InChI=1S/C12H18ClN/c1-9(2)10(3)12(13)8-11-6-4-5-7-14-11/h4-7,9-10,12H,8H2,1-3H3. The van der Waals surface area contributed by atoms with E-state index in [0.717, 1.165) is 12.1 Å². The summed E-state index contributed by atoms with van der Waals surface area (Å²) in [6, 6.07) is 5.97. The zero-order valence-electron chi connectivity index (χ0n) is 9.07. The largest absolute Gasteiger partial charge is 0.261 e. The fraction of sp³-hybridized carbons (Fsp3) is 0.583. The molecule has 1 rings (SSSR count). The highest BCUT2D eigenvalue weighted by Crippen LogP contribution is 2.22. The number of hydrogen-bond acceptors (Lipinski definition) is 1. The zero-order valence-corrected chi connectivity index (χ0v) is 9.83. The summed E-state index contributed by atoms with van der Waals surface area (Å²) in [5, 5.41) is 0.185. The fourth-order valence-corrected chi connectivity index (χ4v) is 1.77. The molecule has 2 unspecified atom stereocenters. The molecule has 0 saturated carbocycles. The number of halogens is 1. The first kappa shape index (κ1) is 11.5. The molecule has 0 aromatic carbocycles. The van der Waals surface area contributed by atoms with E-state index in [1.165, 1.54) is 0 Å². The monoisotopic (exact) mass is 211 g/mol. The van der Waals surface area contributed by atoms with Crippen molar-refractivity contribution in [3.05, 3.63) is 30.1 Å². The van der Waals surface area contributed by atoms with E-state index in [9.17, 15) is 0 Å². The van der Waals surface area contributed by atoms with Crippen molar-refractivity contribution in [3.63, 3.8) is 0 Å². The van der Waals surface area contributed by atoms with Crippen LogP contribution in [0.3, 0.4) is 0 Å². The summed E-state index contributed by atoms with van der Waals surface area (Å²) in [6.07, 6.45) is 2.68. The van der Waals surface area contributed by atoms with Crippen LogP contribution < -0.4 is 0 Å². The van der Waals surface area contributed by atoms with Crippen LogP contribution in [-0.4, -0.2) is 10.4 Å². The first-order valence-corrected chi connectivity index (χ1v) is 5.59. The fourth-order valence-electron chi connectivity index (χ4n) is 1.32. The van der Waals surface area contributed by atoms with Crippen LogP contribution in [0.15, 0.2) is 24.4 Å². The molecule has 0 amide bonds. The summed E-state index contributed by atoms with van der Waals surface area (Å²) in [6.45, 7) is 6.61. The van der Waals surface area contributed by atoms with Crippen LogP contribution in [-0.2, 0) is 6.42 Å². The van der Waals surface area contributed by atoms with Crippen molar-refractivity contribution in [2.75, 3.05) is 0 Å². The van der Waals surface area contributed by atoms with Crippen LogP contribution in [0, 0.1) is 11.8 Å². The quantitative estimate of drug-likeness (QED) is 0.695. The minimum Gasteiger partial charge on any atom is -0.261 e. The highest BCUT2D eigenvalue weighted by Gasteiger charge is 2.18. The number of alkyl halides is 1. The minimum absolute atomic E-state index is 0.185. The van der Waals surface area contributed by atoms with E-state index in [1.807, 2.05) is 24.4 Å². The van der Waals surface area contributed by atoms with E-state index < -0.39 is 0 Å². The molecule has 0 fully saturated rings. The highest BCUT2D eigenvalue weighted by atomic mass is 35.5. The summed E-state index contributed by atoms with van der Waals surface area (Å²) in [5.41, 5.74) is 1.08. The van der Waals surface area contributed by atoms with Crippen molar-refractivity contribution >= 4 is 11.6 Å². The Bertz CT molecular complexity index is 258. The smallest absolute Gasteiger partial charge is 0.0419 e. The second-order valence-electron chi connectivity index (χ2n) is 4.14. The lowest BCUT2D eigenvalue weighted by molar-refractivity contribution is 0.397. The lowest BCUT2D eigenvalue weighted by Crippen LogP contribution is -2.19. The Morgan fingerprint density at radius 2 is 2.00 bits per heavy atom. The molecule has 14 heavy (non-hydrogen) atoms. The molecular formula is C12H18ClN. The number of pyridine rings is 1. The molecule has 78 valence electrons. The van der Waals surface area contributed by atoms with Gasteiger partial charge in [-0.25, -0.2) is 0 Å². The second kappa shape index (κ2) is 5.35. The van der Waals surface area contributed by atoms with Crippen LogP contribution in [0.5, 0.6) is 0 Å². The van der Waals surface area contributed by atoms with Gasteiger partial charge in [0, 0.05) is 23.7 Å². The van der Waals surface area contributed by atoms with Crippen LogP contribution in [0.1, 0.15) is 26.5 Å². The van der Waals surface area contributed by atoms with Crippen molar-refractivity contribution < 1.29 is 0 Å². The number of rotatable bonds is 4. The van der Waals surface area contributed by atoms with Gasteiger partial charge in [-0.2, -0.15) is 0 Å². The van der Waals surface area contributed by atoms with E-state index in [4.69, 9.17) is 11.6 Å². The Morgan fingerprint density at radius 1 is 1.29 bits per heavy atom. The van der Waals surface area contributed by atoms with Crippen LogP contribution in [0.25, 0.3) is 0 Å². The molecule has 2 atom stereocenters. The SMILES string of the molecule is CC(C)C(C)C(Cl)Cc1ccccn1. The second-order valence-corrected chi connectivity index (χ2v) is 4.70. The molecule has 1 aromatic rings. The van der Waals surface area contributed by atoms with Gasteiger partial charge in [-0.3, -0.25) is 4.98 Å². The van der Waals surface area contributed by atoms with Crippen molar-refractivity contribution in [1.82, 2.24) is 4.98 Å². The lowest BCUT2D eigenvalue weighted by Gasteiger charge is -2.21.